The average Bonchev–Trinajstić information content (AvgIpc) is 2.64. The number of aryl methyl sites for hydroxylation is 1. The Balaban J connectivity index is 2.16. The zero-order valence-electron chi connectivity index (χ0n) is 10.8. The van der Waals surface area contributed by atoms with E-state index in [9.17, 15) is 4.79 Å². The van der Waals surface area contributed by atoms with Crippen LogP contribution in [0.4, 0.5) is 0 Å². The number of Topliss-reactive ketones (excluding diaryl/α,β-unsaturated/α-hetero) is 1. The van der Waals surface area contributed by atoms with E-state index < -0.39 is 0 Å². The molecule has 1 aromatic rings. The molecule has 1 aromatic heterocycles. The summed E-state index contributed by atoms with van der Waals surface area (Å²) in [6, 6.07) is 1.72. The number of hydrogen-bond acceptors (Lipinski definition) is 4. The molecule has 5 nitrogen and oxygen atoms in total. The van der Waals surface area contributed by atoms with E-state index in [2.05, 4.69) is 21.9 Å². The van der Waals surface area contributed by atoms with Crippen LogP contribution in [0.3, 0.4) is 0 Å². The van der Waals surface area contributed by atoms with Gasteiger partial charge in [0.15, 0.2) is 0 Å². The molecule has 5 heteroatoms. The predicted molar refractivity (Wildman–Crippen MR) is 66.1 cm³/mol. The Morgan fingerprint density at radius 2 is 2.12 bits per heavy atom. The Labute approximate surface area is 102 Å². The fourth-order valence-electron chi connectivity index (χ4n) is 2.27. The molecule has 2 heterocycles. The number of rotatable bonds is 2. The van der Waals surface area contributed by atoms with Gasteiger partial charge in [-0.2, -0.15) is 5.10 Å². The van der Waals surface area contributed by atoms with E-state index >= 15 is 0 Å². The van der Waals surface area contributed by atoms with Crippen molar-refractivity contribution in [3.05, 3.63) is 18.0 Å². The Kier molecular flexibility index (Phi) is 3.59. The summed E-state index contributed by atoms with van der Waals surface area (Å²) in [4.78, 5) is 16.7. The number of hydrogen-bond donors (Lipinski definition) is 0. The standard InChI is InChI=1S/C12H20N4O/c1-14-6-4-7-15(2)11(9-14)12(17)10-5-8-16(3)13-10/h5,8,11H,4,6-7,9H2,1-3H3. The molecule has 0 N–H and O–H groups in total. The average molecular weight is 236 g/mol. The molecular weight excluding hydrogens is 216 g/mol. The lowest BCUT2D eigenvalue weighted by atomic mass is 10.1. The number of likely N-dealkylation sites (N-methyl/N-ethyl adjacent to an activating group) is 2. The Hall–Kier alpha value is -1.20. The molecule has 0 saturated carbocycles. The number of carbonyl (C=O) groups is 1. The van der Waals surface area contributed by atoms with Gasteiger partial charge in [0.1, 0.15) is 5.69 Å². The van der Waals surface area contributed by atoms with Crippen molar-refractivity contribution in [3.63, 3.8) is 0 Å². The molecule has 1 aliphatic rings. The molecule has 1 atom stereocenters. The quantitative estimate of drug-likeness (QED) is 0.690. The van der Waals surface area contributed by atoms with Gasteiger partial charge in [-0.3, -0.25) is 14.4 Å². The van der Waals surface area contributed by atoms with Crippen molar-refractivity contribution < 1.29 is 4.79 Å². The third-order valence-electron chi connectivity index (χ3n) is 3.34. The molecular formula is C12H20N4O. The van der Waals surface area contributed by atoms with Gasteiger partial charge < -0.3 is 4.90 Å². The Morgan fingerprint density at radius 1 is 1.35 bits per heavy atom. The van der Waals surface area contributed by atoms with Crippen LogP contribution in [0.15, 0.2) is 12.3 Å². The van der Waals surface area contributed by atoms with Crippen LogP contribution in [0.5, 0.6) is 0 Å². The van der Waals surface area contributed by atoms with E-state index in [-0.39, 0.29) is 11.8 Å². The summed E-state index contributed by atoms with van der Waals surface area (Å²) in [7, 11) is 5.92. The van der Waals surface area contributed by atoms with Gasteiger partial charge in [-0.15, -0.1) is 0 Å². The largest absolute Gasteiger partial charge is 0.304 e. The van der Waals surface area contributed by atoms with Crippen LogP contribution >= 0.6 is 0 Å². The van der Waals surface area contributed by atoms with Crippen LogP contribution in [-0.4, -0.2) is 65.1 Å². The highest BCUT2D eigenvalue weighted by atomic mass is 16.1. The van der Waals surface area contributed by atoms with Crippen LogP contribution in [-0.2, 0) is 7.05 Å². The minimum Gasteiger partial charge on any atom is -0.304 e. The first kappa shape index (κ1) is 12.3. The molecule has 0 aliphatic carbocycles. The third-order valence-corrected chi connectivity index (χ3v) is 3.34. The first-order valence-electron chi connectivity index (χ1n) is 6.00. The lowest BCUT2D eigenvalue weighted by Crippen LogP contribution is -2.43. The van der Waals surface area contributed by atoms with Crippen LogP contribution in [0, 0.1) is 0 Å². The smallest absolute Gasteiger partial charge is 0.201 e. The van der Waals surface area contributed by atoms with Crippen molar-refractivity contribution in [2.45, 2.75) is 12.5 Å². The van der Waals surface area contributed by atoms with E-state index in [1.54, 1.807) is 10.7 Å². The maximum Gasteiger partial charge on any atom is 0.201 e. The monoisotopic (exact) mass is 236 g/mol. The predicted octanol–water partition coefficient (Wildman–Crippen LogP) is 0.239. The molecule has 0 spiro atoms. The molecule has 0 radical (unpaired) electrons. The highest BCUT2D eigenvalue weighted by molar-refractivity contribution is 5.98. The Morgan fingerprint density at radius 3 is 2.76 bits per heavy atom. The maximum atomic E-state index is 12.4. The van der Waals surface area contributed by atoms with Crippen LogP contribution in [0.1, 0.15) is 16.9 Å². The third kappa shape index (κ3) is 2.73. The highest BCUT2D eigenvalue weighted by Gasteiger charge is 2.28. The fraction of sp³-hybridized carbons (Fsp3) is 0.667. The van der Waals surface area contributed by atoms with E-state index in [0.717, 1.165) is 26.1 Å². The molecule has 0 amide bonds. The lowest BCUT2D eigenvalue weighted by Gasteiger charge is -2.25. The summed E-state index contributed by atoms with van der Waals surface area (Å²) in [6.45, 7) is 2.80. The topological polar surface area (TPSA) is 41.4 Å². The second-order valence-electron chi connectivity index (χ2n) is 4.85. The van der Waals surface area contributed by atoms with Gasteiger partial charge >= 0.3 is 0 Å². The number of ketones is 1. The van der Waals surface area contributed by atoms with E-state index in [1.165, 1.54) is 0 Å². The van der Waals surface area contributed by atoms with Crippen LogP contribution in [0.2, 0.25) is 0 Å². The van der Waals surface area contributed by atoms with E-state index in [4.69, 9.17) is 0 Å². The second kappa shape index (κ2) is 4.98. The highest BCUT2D eigenvalue weighted by Crippen LogP contribution is 2.11. The summed E-state index contributed by atoms with van der Waals surface area (Å²) in [5, 5.41) is 4.20. The van der Waals surface area contributed by atoms with Crippen LogP contribution in [0.25, 0.3) is 0 Å². The van der Waals surface area contributed by atoms with Crippen molar-refractivity contribution in [2.24, 2.45) is 7.05 Å². The van der Waals surface area contributed by atoms with Gasteiger partial charge in [-0.05, 0) is 39.7 Å². The van der Waals surface area contributed by atoms with Gasteiger partial charge in [0.2, 0.25) is 5.78 Å². The zero-order chi connectivity index (χ0) is 12.4. The van der Waals surface area contributed by atoms with E-state index in [0.29, 0.717) is 5.69 Å². The molecule has 1 fully saturated rings. The minimum atomic E-state index is -0.0719. The maximum absolute atomic E-state index is 12.4. The molecule has 17 heavy (non-hydrogen) atoms. The van der Waals surface area contributed by atoms with Gasteiger partial charge in [-0.25, -0.2) is 0 Å². The van der Waals surface area contributed by atoms with Crippen molar-refractivity contribution in [1.29, 1.82) is 0 Å². The van der Waals surface area contributed by atoms with Crippen molar-refractivity contribution in [1.82, 2.24) is 19.6 Å². The molecule has 94 valence electrons. The van der Waals surface area contributed by atoms with Crippen molar-refractivity contribution in [3.8, 4) is 0 Å². The van der Waals surface area contributed by atoms with E-state index in [1.807, 2.05) is 20.3 Å². The van der Waals surface area contributed by atoms with Crippen LogP contribution < -0.4 is 0 Å². The Bertz CT molecular complexity index is 401. The molecule has 1 saturated heterocycles. The first-order chi connectivity index (χ1) is 8.08. The van der Waals surface area contributed by atoms with Gasteiger partial charge in [-0.1, -0.05) is 0 Å². The summed E-state index contributed by atoms with van der Waals surface area (Å²) in [6.07, 6.45) is 2.92. The number of aromatic nitrogens is 2. The fourth-order valence-corrected chi connectivity index (χ4v) is 2.27. The lowest BCUT2D eigenvalue weighted by molar-refractivity contribution is 0.0833. The minimum absolute atomic E-state index is 0.0719. The second-order valence-corrected chi connectivity index (χ2v) is 4.85. The molecule has 1 aliphatic heterocycles. The molecule has 0 aromatic carbocycles. The van der Waals surface area contributed by atoms with Crippen molar-refractivity contribution >= 4 is 5.78 Å². The molecule has 0 bridgehead atoms. The summed E-state index contributed by atoms with van der Waals surface area (Å²) in [5.41, 5.74) is 0.569. The zero-order valence-corrected chi connectivity index (χ0v) is 10.8. The van der Waals surface area contributed by atoms with Gasteiger partial charge in [0.25, 0.3) is 0 Å². The van der Waals surface area contributed by atoms with Gasteiger partial charge in [0, 0.05) is 19.8 Å². The SMILES string of the molecule is CN1CCCN(C)C(C(=O)c2ccn(C)n2)C1. The summed E-state index contributed by atoms with van der Waals surface area (Å²) >= 11 is 0. The number of carbonyl (C=O) groups excluding carboxylic acids is 1. The van der Waals surface area contributed by atoms with Crippen molar-refractivity contribution in [2.75, 3.05) is 33.7 Å². The molecule has 1 unspecified atom stereocenters. The number of nitrogens with zero attached hydrogens (tertiary/aromatic N) is 4. The normalized spacial score (nSPS) is 23.6. The molecule has 2 rings (SSSR count). The first-order valence-corrected chi connectivity index (χ1v) is 6.00. The summed E-state index contributed by atoms with van der Waals surface area (Å²) < 4.78 is 1.67. The van der Waals surface area contributed by atoms with Gasteiger partial charge in [0.05, 0.1) is 6.04 Å². The summed E-state index contributed by atoms with van der Waals surface area (Å²) in [5.74, 6) is 0.127.